The highest BCUT2D eigenvalue weighted by Crippen LogP contribution is 2.55. The molecule has 5 heteroatoms. The Kier molecular flexibility index (Phi) is 5.04. The van der Waals surface area contributed by atoms with Crippen molar-refractivity contribution in [2.24, 2.45) is 11.8 Å². The van der Waals surface area contributed by atoms with Gasteiger partial charge in [-0.3, -0.25) is 4.79 Å². The van der Waals surface area contributed by atoms with Crippen LogP contribution in [0.4, 0.5) is 0 Å². The zero-order chi connectivity index (χ0) is 16.5. The van der Waals surface area contributed by atoms with Crippen molar-refractivity contribution in [3.63, 3.8) is 0 Å². The van der Waals surface area contributed by atoms with Crippen molar-refractivity contribution in [2.75, 3.05) is 0 Å². The number of carbonyl (C=O) groups is 1. The number of nitrogens with one attached hydrogen (secondary N) is 1. The Labute approximate surface area is 141 Å². The van der Waals surface area contributed by atoms with E-state index < -0.39 is 10.3 Å². The van der Waals surface area contributed by atoms with Gasteiger partial charge < -0.3 is 5.32 Å². The van der Waals surface area contributed by atoms with Crippen molar-refractivity contribution in [1.82, 2.24) is 5.32 Å². The predicted octanol–water partition coefficient (Wildman–Crippen LogP) is 4.20. The van der Waals surface area contributed by atoms with Gasteiger partial charge in [-0.05, 0) is 50.7 Å². The summed E-state index contributed by atoms with van der Waals surface area (Å²) in [6.45, 7) is 5.98. The third-order valence-corrected chi connectivity index (χ3v) is 5.12. The highest BCUT2D eigenvalue weighted by atomic mass is 35.5. The number of nitriles is 1. The number of alkyl halides is 2. The van der Waals surface area contributed by atoms with E-state index in [0.717, 1.165) is 11.1 Å². The molecular weight excluding hydrogens is 319 g/mol. The first kappa shape index (κ1) is 17.1. The van der Waals surface area contributed by atoms with Crippen LogP contribution in [0.15, 0.2) is 18.2 Å². The third kappa shape index (κ3) is 3.94. The predicted molar refractivity (Wildman–Crippen MR) is 88.7 cm³/mol. The molecule has 1 fully saturated rings. The Morgan fingerprint density at radius 2 is 2.14 bits per heavy atom. The monoisotopic (exact) mass is 338 g/mol. The first-order valence-corrected chi connectivity index (χ1v) is 8.15. The van der Waals surface area contributed by atoms with E-state index in [1.165, 1.54) is 5.56 Å². The topological polar surface area (TPSA) is 52.9 Å². The van der Waals surface area contributed by atoms with Crippen molar-refractivity contribution >= 4 is 29.1 Å². The van der Waals surface area contributed by atoms with Gasteiger partial charge in [0.25, 0.3) is 0 Å². The molecule has 3 atom stereocenters. The van der Waals surface area contributed by atoms with Gasteiger partial charge in [0.05, 0.1) is 12.1 Å². The Balaban J connectivity index is 1.99. The Hall–Kier alpha value is -1.24. The summed E-state index contributed by atoms with van der Waals surface area (Å²) in [6, 6.07) is 8.04. The number of hydrogen-bond donors (Lipinski definition) is 1. The van der Waals surface area contributed by atoms with Crippen LogP contribution in [-0.2, 0) is 4.79 Å². The summed E-state index contributed by atoms with van der Waals surface area (Å²) in [4.78, 5) is 12.3. The summed E-state index contributed by atoms with van der Waals surface area (Å²) >= 11 is 11.9. The van der Waals surface area contributed by atoms with Crippen LogP contribution in [0, 0.1) is 37.0 Å². The van der Waals surface area contributed by atoms with Crippen LogP contribution < -0.4 is 5.32 Å². The van der Waals surface area contributed by atoms with Crippen LogP contribution in [0.1, 0.15) is 42.5 Å². The molecule has 0 aliphatic heterocycles. The maximum Gasteiger partial charge on any atom is 0.237 e. The van der Waals surface area contributed by atoms with Crippen LogP contribution in [0.3, 0.4) is 0 Å². The van der Waals surface area contributed by atoms with Gasteiger partial charge in [-0.1, -0.05) is 23.8 Å². The van der Waals surface area contributed by atoms with E-state index in [9.17, 15) is 10.1 Å². The maximum absolute atomic E-state index is 12.3. The van der Waals surface area contributed by atoms with Crippen LogP contribution in [0.2, 0.25) is 0 Å². The Morgan fingerprint density at radius 1 is 1.50 bits per heavy atom. The molecule has 1 saturated carbocycles. The molecule has 2 rings (SSSR count). The quantitative estimate of drug-likeness (QED) is 0.817. The van der Waals surface area contributed by atoms with Crippen molar-refractivity contribution in [2.45, 2.75) is 44.0 Å². The second-order valence-electron chi connectivity index (χ2n) is 6.17. The van der Waals surface area contributed by atoms with Gasteiger partial charge in [-0.2, -0.15) is 5.26 Å². The van der Waals surface area contributed by atoms with E-state index in [4.69, 9.17) is 23.2 Å². The van der Waals surface area contributed by atoms with Crippen LogP contribution >= 0.6 is 23.2 Å². The molecule has 3 unspecified atom stereocenters. The van der Waals surface area contributed by atoms with Crippen LogP contribution in [0.25, 0.3) is 0 Å². The molecule has 0 saturated heterocycles. The summed E-state index contributed by atoms with van der Waals surface area (Å²) < 4.78 is -0.755. The summed E-state index contributed by atoms with van der Waals surface area (Å²) in [5.74, 6) is -0.939. The number of amides is 1. The van der Waals surface area contributed by atoms with Crippen LogP contribution in [-0.4, -0.2) is 10.2 Å². The summed E-state index contributed by atoms with van der Waals surface area (Å²) in [5, 5.41) is 12.1. The van der Waals surface area contributed by atoms with Gasteiger partial charge in [-0.15, -0.1) is 23.2 Å². The lowest BCUT2D eigenvalue weighted by atomic mass is 9.98. The molecule has 0 heterocycles. The fraction of sp³-hybridized carbons (Fsp3) is 0.529. The SMILES string of the molecule is Cc1ccc(C(C)NC(=O)C(C#N)CC2CC2(Cl)Cl)c(C)c1. The molecule has 3 nitrogen and oxygen atoms in total. The van der Waals surface area contributed by atoms with Gasteiger partial charge in [0, 0.05) is 0 Å². The maximum atomic E-state index is 12.3. The largest absolute Gasteiger partial charge is 0.348 e. The molecule has 1 aliphatic rings. The molecule has 1 aromatic rings. The lowest BCUT2D eigenvalue weighted by molar-refractivity contribution is -0.124. The summed E-state index contributed by atoms with van der Waals surface area (Å²) in [7, 11) is 0. The molecule has 0 spiro atoms. The summed E-state index contributed by atoms with van der Waals surface area (Å²) in [6.07, 6.45) is 1.06. The molecule has 1 aliphatic carbocycles. The van der Waals surface area contributed by atoms with Gasteiger partial charge in [0.15, 0.2) is 0 Å². The van der Waals surface area contributed by atoms with Crippen molar-refractivity contribution < 1.29 is 4.79 Å². The number of carbonyl (C=O) groups excluding carboxylic acids is 1. The fourth-order valence-corrected chi connectivity index (χ4v) is 3.28. The van der Waals surface area contributed by atoms with Crippen molar-refractivity contribution in [3.8, 4) is 6.07 Å². The number of nitrogens with zero attached hydrogens (tertiary/aromatic N) is 1. The molecular formula is C17H20Cl2N2O. The van der Waals surface area contributed by atoms with E-state index in [-0.39, 0.29) is 17.9 Å². The second-order valence-corrected chi connectivity index (χ2v) is 7.71. The molecule has 1 aromatic carbocycles. The van der Waals surface area contributed by atoms with E-state index in [1.54, 1.807) is 0 Å². The fourth-order valence-electron chi connectivity index (χ4n) is 2.73. The average molecular weight is 339 g/mol. The smallest absolute Gasteiger partial charge is 0.237 e. The average Bonchev–Trinajstić information content (AvgIpc) is 3.02. The highest BCUT2D eigenvalue weighted by molar-refractivity contribution is 6.50. The van der Waals surface area contributed by atoms with Crippen molar-refractivity contribution in [1.29, 1.82) is 5.26 Å². The molecule has 22 heavy (non-hydrogen) atoms. The lowest BCUT2D eigenvalue weighted by Gasteiger charge is -2.19. The summed E-state index contributed by atoms with van der Waals surface area (Å²) in [5.41, 5.74) is 3.37. The molecule has 0 bridgehead atoms. The standard InChI is InChI=1S/C17H20Cl2N2O/c1-10-4-5-15(11(2)6-10)12(3)21-16(22)13(9-20)7-14-8-17(14,18)19/h4-6,12-14H,7-8H2,1-3H3,(H,21,22). The van der Waals surface area contributed by atoms with Gasteiger partial charge in [-0.25, -0.2) is 0 Å². The minimum absolute atomic E-state index is 0.0302. The Bertz CT molecular complexity index is 622. The minimum Gasteiger partial charge on any atom is -0.348 e. The van der Waals surface area contributed by atoms with E-state index >= 15 is 0 Å². The molecule has 1 amide bonds. The number of benzene rings is 1. The molecule has 1 N–H and O–H groups in total. The minimum atomic E-state index is -0.755. The zero-order valence-corrected chi connectivity index (χ0v) is 14.5. The van der Waals surface area contributed by atoms with Crippen LogP contribution in [0.5, 0.6) is 0 Å². The second kappa shape index (κ2) is 6.48. The van der Waals surface area contributed by atoms with E-state index in [1.807, 2.05) is 32.9 Å². The number of aryl methyl sites for hydroxylation is 2. The zero-order valence-electron chi connectivity index (χ0n) is 13.0. The Morgan fingerprint density at radius 3 is 2.64 bits per heavy atom. The molecule has 118 valence electrons. The van der Waals surface area contributed by atoms with E-state index in [2.05, 4.69) is 17.5 Å². The van der Waals surface area contributed by atoms with Crippen molar-refractivity contribution in [3.05, 3.63) is 34.9 Å². The first-order valence-electron chi connectivity index (χ1n) is 7.39. The van der Waals surface area contributed by atoms with E-state index in [0.29, 0.717) is 12.8 Å². The first-order chi connectivity index (χ1) is 10.2. The van der Waals surface area contributed by atoms with Gasteiger partial charge >= 0.3 is 0 Å². The number of rotatable bonds is 5. The molecule has 0 aromatic heterocycles. The van der Waals surface area contributed by atoms with Gasteiger partial charge in [0.2, 0.25) is 5.91 Å². The lowest BCUT2D eigenvalue weighted by Crippen LogP contribution is -2.33. The normalized spacial score (nSPS) is 21.5. The van der Waals surface area contributed by atoms with Gasteiger partial charge in [0.1, 0.15) is 10.3 Å². The number of halogens is 2. The highest BCUT2D eigenvalue weighted by Gasteiger charge is 2.52. The molecule has 0 radical (unpaired) electrons. The number of hydrogen-bond acceptors (Lipinski definition) is 2. The third-order valence-electron chi connectivity index (χ3n) is 4.20.